The fourth-order valence-electron chi connectivity index (χ4n) is 3.62. The zero-order valence-electron chi connectivity index (χ0n) is 14.5. The first-order valence-corrected chi connectivity index (χ1v) is 8.29. The van der Waals surface area contributed by atoms with Crippen molar-refractivity contribution in [2.75, 3.05) is 13.1 Å². The summed E-state index contributed by atoms with van der Waals surface area (Å²) in [5, 5.41) is 4.41. The number of likely N-dealkylation sites (tertiary alicyclic amines) is 1. The Labute approximate surface area is 138 Å². The monoisotopic (exact) mass is 311 g/mol. The topological polar surface area (TPSA) is 38.1 Å². The van der Waals surface area contributed by atoms with Crippen molar-refractivity contribution in [3.63, 3.8) is 0 Å². The van der Waals surface area contributed by atoms with Crippen LogP contribution in [-0.4, -0.2) is 33.7 Å². The molecule has 1 aromatic carbocycles. The van der Waals surface area contributed by atoms with E-state index in [1.165, 1.54) is 11.1 Å². The molecule has 0 N–H and O–H groups in total. The minimum absolute atomic E-state index is 0.222. The summed E-state index contributed by atoms with van der Waals surface area (Å²) in [4.78, 5) is 14.7. The van der Waals surface area contributed by atoms with Crippen LogP contribution in [0.3, 0.4) is 0 Å². The molecule has 0 saturated carbocycles. The van der Waals surface area contributed by atoms with Gasteiger partial charge in [0.15, 0.2) is 0 Å². The first kappa shape index (κ1) is 15.8. The third kappa shape index (κ3) is 3.03. The van der Waals surface area contributed by atoms with Gasteiger partial charge in [0.25, 0.3) is 0 Å². The van der Waals surface area contributed by atoms with E-state index in [0.717, 1.165) is 36.5 Å². The lowest BCUT2D eigenvalue weighted by atomic mass is 9.94. The Kier molecular flexibility index (Phi) is 4.24. The average molecular weight is 311 g/mol. The lowest BCUT2D eigenvalue weighted by Gasteiger charge is -2.18. The number of rotatable bonds is 3. The van der Waals surface area contributed by atoms with Gasteiger partial charge in [0.2, 0.25) is 5.91 Å². The van der Waals surface area contributed by atoms with Gasteiger partial charge in [-0.15, -0.1) is 0 Å². The predicted octanol–water partition coefficient (Wildman–Crippen LogP) is 2.90. The minimum atomic E-state index is 0.222. The fourth-order valence-corrected chi connectivity index (χ4v) is 3.62. The molecule has 1 amide bonds. The first-order chi connectivity index (χ1) is 11.0. The minimum Gasteiger partial charge on any atom is -0.342 e. The molecule has 23 heavy (non-hydrogen) atoms. The lowest BCUT2D eigenvalue weighted by Crippen LogP contribution is -2.30. The van der Waals surface area contributed by atoms with Crippen molar-refractivity contribution in [3.8, 4) is 0 Å². The van der Waals surface area contributed by atoms with E-state index in [-0.39, 0.29) is 5.91 Å². The number of aryl methyl sites for hydroxylation is 3. The van der Waals surface area contributed by atoms with Crippen LogP contribution < -0.4 is 0 Å². The van der Waals surface area contributed by atoms with Crippen molar-refractivity contribution >= 4 is 5.91 Å². The number of carbonyl (C=O) groups excluding carboxylic acids is 1. The SMILES string of the molecule is Cc1ccccc1[C@@H]1CCN(C(=O)Cc2c(C)nn(C)c2C)C1. The standard InChI is InChI=1S/C19H25N3O/c1-13-7-5-6-8-17(13)16-9-10-22(12-16)19(23)11-18-14(2)20-21(4)15(18)3/h5-8,16H,9-12H2,1-4H3/t16-/m1/s1. The molecule has 0 radical (unpaired) electrons. The quantitative estimate of drug-likeness (QED) is 0.874. The van der Waals surface area contributed by atoms with Gasteiger partial charge in [-0.2, -0.15) is 5.10 Å². The van der Waals surface area contributed by atoms with E-state index in [9.17, 15) is 4.79 Å². The van der Waals surface area contributed by atoms with Crippen molar-refractivity contribution in [2.45, 2.75) is 39.5 Å². The van der Waals surface area contributed by atoms with E-state index >= 15 is 0 Å². The van der Waals surface area contributed by atoms with Crippen LogP contribution >= 0.6 is 0 Å². The summed E-state index contributed by atoms with van der Waals surface area (Å²) in [6.45, 7) is 7.86. The molecule has 4 heteroatoms. The second-order valence-electron chi connectivity index (χ2n) is 6.63. The molecule has 1 fully saturated rings. The van der Waals surface area contributed by atoms with E-state index in [1.54, 1.807) is 0 Å². The van der Waals surface area contributed by atoms with Crippen LogP contribution in [0.25, 0.3) is 0 Å². The summed E-state index contributed by atoms with van der Waals surface area (Å²) in [6.07, 6.45) is 1.52. The molecule has 1 aliphatic rings. The summed E-state index contributed by atoms with van der Waals surface area (Å²) in [7, 11) is 1.93. The number of nitrogens with zero attached hydrogens (tertiary/aromatic N) is 3. The molecule has 122 valence electrons. The van der Waals surface area contributed by atoms with Gasteiger partial charge in [0, 0.05) is 37.3 Å². The van der Waals surface area contributed by atoms with Crippen molar-refractivity contribution in [1.82, 2.24) is 14.7 Å². The van der Waals surface area contributed by atoms with Crippen LogP contribution in [0.4, 0.5) is 0 Å². The first-order valence-electron chi connectivity index (χ1n) is 8.29. The average Bonchev–Trinajstić information content (AvgIpc) is 3.09. The molecule has 1 aliphatic heterocycles. The van der Waals surface area contributed by atoms with Crippen LogP contribution in [0.15, 0.2) is 24.3 Å². The van der Waals surface area contributed by atoms with E-state index in [0.29, 0.717) is 12.3 Å². The highest BCUT2D eigenvalue weighted by atomic mass is 16.2. The highest BCUT2D eigenvalue weighted by Crippen LogP contribution is 2.29. The Balaban J connectivity index is 1.69. The molecule has 1 saturated heterocycles. The molecule has 0 aliphatic carbocycles. The second-order valence-corrected chi connectivity index (χ2v) is 6.63. The number of carbonyl (C=O) groups is 1. The summed E-state index contributed by atoms with van der Waals surface area (Å²) in [5.74, 6) is 0.691. The molecule has 3 rings (SSSR count). The van der Waals surface area contributed by atoms with Gasteiger partial charge >= 0.3 is 0 Å². The third-order valence-corrected chi connectivity index (χ3v) is 5.16. The molecule has 0 bridgehead atoms. The summed E-state index contributed by atoms with van der Waals surface area (Å²) < 4.78 is 1.86. The Morgan fingerprint density at radius 1 is 1.26 bits per heavy atom. The van der Waals surface area contributed by atoms with Gasteiger partial charge < -0.3 is 4.90 Å². The largest absolute Gasteiger partial charge is 0.342 e. The van der Waals surface area contributed by atoms with Gasteiger partial charge in [0.05, 0.1) is 12.1 Å². The molecule has 1 atom stereocenters. The highest BCUT2D eigenvalue weighted by Gasteiger charge is 2.28. The summed E-state index contributed by atoms with van der Waals surface area (Å²) >= 11 is 0. The smallest absolute Gasteiger partial charge is 0.227 e. The van der Waals surface area contributed by atoms with Crippen molar-refractivity contribution in [2.24, 2.45) is 7.05 Å². The van der Waals surface area contributed by atoms with E-state index in [4.69, 9.17) is 0 Å². The third-order valence-electron chi connectivity index (χ3n) is 5.16. The molecule has 2 aromatic rings. The Hall–Kier alpha value is -2.10. The van der Waals surface area contributed by atoms with E-state index in [2.05, 4.69) is 36.3 Å². The molecular weight excluding hydrogens is 286 g/mol. The Morgan fingerprint density at radius 2 is 2.00 bits per heavy atom. The summed E-state index contributed by atoms with van der Waals surface area (Å²) in [6, 6.07) is 8.52. The van der Waals surface area contributed by atoms with Crippen LogP contribution in [0.5, 0.6) is 0 Å². The van der Waals surface area contributed by atoms with Crippen molar-refractivity contribution < 1.29 is 4.79 Å². The highest BCUT2D eigenvalue weighted by molar-refractivity contribution is 5.79. The zero-order chi connectivity index (χ0) is 16.6. The van der Waals surface area contributed by atoms with Gasteiger partial charge in [-0.1, -0.05) is 24.3 Å². The fraction of sp³-hybridized carbons (Fsp3) is 0.474. The van der Waals surface area contributed by atoms with Gasteiger partial charge in [-0.25, -0.2) is 0 Å². The Bertz CT molecular complexity index is 732. The number of aromatic nitrogens is 2. The number of hydrogen-bond acceptors (Lipinski definition) is 2. The van der Waals surface area contributed by atoms with E-state index < -0.39 is 0 Å². The maximum atomic E-state index is 12.7. The van der Waals surface area contributed by atoms with Gasteiger partial charge in [0.1, 0.15) is 0 Å². The van der Waals surface area contributed by atoms with Crippen LogP contribution in [0.2, 0.25) is 0 Å². The maximum Gasteiger partial charge on any atom is 0.227 e. The summed E-state index contributed by atoms with van der Waals surface area (Å²) in [5.41, 5.74) is 5.85. The molecule has 0 unspecified atom stereocenters. The predicted molar refractivity (Wildman–Crippen MR) is 91.5 cm³/mol. The molecule has 0 spiro atoms. The molecule has 4 nitrogen and oxygen atoms in total. The number of amides is 1. The Morgan fingerprint density at radius 3 is 2.65 bits per heavy atom. The van der Waals surface area contributed by atoms with Crippen LogP contribution in [0.1, 0.15) is 40.4 Å². The number of hydrogen-bond donors (Lipinski definition) is 0. The van der Waals surface area contributed by atoms with Gasteiger partial charge in [-0.3, -0.25) is 9.48 Å². The van der Waals surface area contributed by atoms with Gasteiger partial charge in [-0.05, 0) is 38.3 Å². The normalized spacial score (nSPS) is 17.7. The van der Waals surface area contributed by atoms with Crippen molar-refractivity contribution in [1.29, 1.82) is 0 Å². The number of benzene rings is 1. The second kappa shape index (κ2) is 6.19. The van der Waals surface area contributed by atoms with Crippen LogP contribution in [0, 0.1) is 20.8 Å². The zero-order valence-corrected chi connectivity index (χ0v) is 14.5. The van der Waals surface area contributed by atoms with E-state index in [1.807, 2.05) is 30.5 Å². The molecule has 2 heterocycles. The lowest BCUT2D eigenvalue weighted by molar-refractivity contribution is -0.129. The maximum absolute atomic E-state index is 12.7. The molecular formula is C19H25N3O. The molecule has 1 aromatic heterocycles. The van der Waals surface area contributed by atoms with Crippen LogP contribution in [-0.2, 0) is 18.3 Å². The van der Waals surface area contributed by atoms with Crippen molar-refractivity contribution in [3.05, 3.63) is 52.3 Å².